The van der Waals surface area contributed by atoms with Crippen molar-refractivity contribution in [3.63, 3.8) is 0 Å². The minimum Gasteiger partial charge on any atom is -0.497 e. The number of alkyl halides is 3. The van der Waals surface area contributed by atoms with E-state index in [1.54, 1.807) is 31.6 Å². The van der Waals surface area contributed by atoms with Crippen LogP contribution in [0.15, 0.2) is 60.9 Å². The van der Waals surface area contributed by atoms with E-state index in [1.165, 1.54) is 12.1 Å². The molecule has 8 heteroatoms. The molecule has 5 nitrogen and oxygen atoms in total. The number of nitrogens with zero attached hydrogens (tertiary/aromatic N) is 3. The zero-order valence-electron chi connectivity index (χ0n) is 19.2. The molecule has 33 heavy (non-hydrogen) atoms. The summed E-state index contributed by atoms with van der Waals surface area (Å²) in [5.41, 5.74) is 2.70. The summed E-state index contributed by atoms with van der Waals surface area (Å²) in [6.45, 7) is 7.31. The molecular formula is C25H28F3N3O2. The van der Waals surface area contributed by atoms with Crippen LogP contribution in [0.3, 0.4) is 0 Å². The lowest BCUT2D eigenvalue weighted by atomic mass is 9.84. The average Bonchev–Trinajstić information content (AvgIpc) is 2.79. The largest absolute Gasteiger partial charge is 0.573 e. The fourth-order valence-corrected chi connectivity index (χ4v) is 3.52. The summed E-state index contributed by atoms with van der Waals surface area (Å²) in [6.07, 6.45) is -0.283. The standard InChI is InChI=1S/C25H28F3N3O2/c1-5-18-14-29-23(30-15-18)31(16-19-6-10-22(11-7-19)33-25(26,27)28)17-24(2,3)20-8-12-21(32-4)13-9-20/h6-15H,5,16-17H2,1-4H3. The number of halogens is 3. The van der Waals surface area contributed by atoms with E-state index in [2.05, 4.69) is 28.6 Å². The van der Waals surface area contributed by atoms with Crippen molar-refractivity contribution in [2.75, 3.05) is 18.6 Å². The van der Waals surface area contributed by atoms with Crippen LogP contribution in [0, 0.1) is 0 Å². The number of anilines is 1. The van der Waals surface area contributed by atoms with Crippen LogP contribution in [-0.2, 0) is 18.4 Å². The molecule has 0 saturated heterocycles. The van der Waals surface area contributed by atoms with E-state index in [4.69, 9.17) is 4.74 Å². The molecule has 2 aromatic carbocycles. The Labute approximate surface area is 192 Å². The first-order valence-electron chi connectivity index (χ1n) is 10.6. The molecule has 3 aromatic rings. The lowest BCUT2D eigenvalue weighted by molar-refractivity contribution is -0.274. The van der Waals surface area contributed by atoms with Gasteiger partial charge in [-0.1, -0.05) is 45.0 Å². The van der Waals surface area contributed by atoms with Gasteiger partial charge in [0.15, 0.2) is 0 Å². The summed E-state index contributed by atoms with van der Waals surface area (Å²) in [5.74, 6) is 1.09. The van der Waals surface area contributed by atoms with Crippen molar-refractivity contribution >= 4 is 5.95 Å². The number of rotatable bonds is 9. The number of ether oxygens (including phenoxy) is 2. The van der Waals surface area contributed by atoms with Crippen LogP contribution in [0.5, 0.6) is 11.5 Å². The first-order chi connectivity index (χ1) is 15.6. The Balaban J connectivity index is 1.85. The first-order valence-corrected chi connectivity index (χ1v) is 10.6. The van der Waals surface area contributed by atoms with Crippen LogP contribution in [0.4, 0.5) is 19.1 Å². The molecular weight excluding hydrogens is 431 g/mol. The molecule has 0 saturated carbocycles. The van der Waals surface area contributed by atoms with Gasteiger partial charge in [0, 0.05) is 30.9 Å². The van der Waals surface area contributed by atoms with Gasteiger partial charge in [-0.25, -0.2) is 9.97 Å². The van der Waals surface area contributed by atoms with Crippen molar-refractivity contribution in [3.05, 3.63) is 77.6 Å². The molecule has 0 fully saturated rings. The van der Waals surface area contributed by atoms with Crippen molar-refractivity contribution in [1.29, 1.82) is 0 Å². The molecule has 0 bridgehead atoms. The zero-order chi connectivity index (χ0) is 24.1. The Kier molecular flexibility index (Phi) is 7.46. The van der Waals surface area contributed by atoms with Gasteiger partial charge in [-0.3, -0.25) is 0 Å². The molecule has 3 rings (SSSR count). The summed E-state index contributed by atoms with van der Waals surface area (Å²) in [4.78, 5) is 11.1. The SMILES string of the molecule is CCc1cnc(N(Cc2ccc(OC(F)(F)F)cc2)CC(C)(C)c2ccc(OC)cc2)nc1. The second kappa shape index (κ2) is 10.1. The van der Waals surface area contributed by atoms with E-state index in [0.717, 1.165) is 28.9 Å². The van der Waals surface area contributed by atoms with Crippen LogP contribution >= 0.6 is 0 Å². The molecule has 0 spiro atoms. The summed E-state index contributed by atoms with van der Waals surface area (Å²) in [7, 11) is 1.63. The molecule has 0 aliphatic carbocycles. The van der Waals surface area contributed by atoms with E-state index in [1.807, 2.05) is 36.1 Å². The highest BCUT2D eigenvalue weighted by Gasteiger charge is 2.31. The van der Waals surface area contributed by atoms with E-state index in [-0.39, 0.29) is 11.2 Å². The highest BCUT2D eigenvalue weighted by molar-refractivity contribution is 5.38. The van der Waals surface area contributed by atoms with E-state index in [9.17, 15) is 13.2 Å². The van der Waals surface area contributed by atoms with E-state index >= 15 is 0 Å². The van der Waals surface area contributed by atoms with Gasteiger partial charge < -0.3 is 14.4 Å². The normalized spacial score (nSPS) is 11.8. The van der Waals surface area contributed by atoms with Crippen molar-refractivity contribution in [1.82, 2.24) is 9.97 Å². The maximum absolute atomic E-state index is 12.5. The Morgan fingerprint density at radius 2 is 1.42 bits per heavy atom. The predicted molar refractivity (Wildman–Crippen MR) is 122 cm³/mol. The fourth-order valence-electron chi connectivity index (χ4n) is 3.52. The van der Waals surface area contributed by atoms with Gasteiger partial charge in [-0.05, 0) is 47.4 Å². The van der Waals surface area contributed by atoms with Crippen LogP contribution < -0.4 is 14.4 Å². The quantitative estimate of drug-likeness (QED) is 0.397. The lowest BCUT2D eigenvalue weighted by Gasteiger charge is -2.33. The van der Waals surface area contributed by atoms with Crippen molar-refractivity contribution < 1.29 is 22.6 Å². The Hall–Kier alpha value is -3.29. The molecule has 0 N–H and O–H groups in total. The van der Waals surface area contributed by atoms with Gasteiger partial charge >= 0.3 is 6.36 Å². The smallest absolute Gasteiger partial charge is 0.497 e. The van der Waals surface area contributed by atoms with Crippen LogP contribution in [-0.4, -0.2) is 30.0 Å². The molecule has 0 unspecified atom stereocenters. The third-order valence-electron chi connectivity index (χ3n) is 5.37. The van der Waals surface area contributed by atoms with Crippen LogP contribution in [0.25, 0.3) is 0 Å². The summed E-state index contributed by atoms with van der Waals surface area (Å²) in [6, 6.07) is 13.8. The Morgan fingerprint density at radius 3 is 1.94 bits per heavy atom. The van der Waals surface area contributed by atoms with Crippen molar-refractivity contribution in [3.8, 4) is 11.5 Å². The summed E-state index contributed by atoms with van der Waals surface area (Å²) in [5, 5.41) is 0. The molecule has 0 aliphatic heterocycles. The highest BCUT2D eigenvalue weighted by atomic mass is 19.4. The molecule has 0 radical (unpaired) electrons. The lowest BCUT2D eigenvalue weighted by Crippen LogP contribution is -2.37. The third kappa shape index (κ3) is 6.84. The zero-order valence-corrected chi connectivity index (χ0v) is 19.2. The minimum atomic E-state index is -4.72. The highest BCUT2D eigenvalue weighted by Crippen LogP contribution is 2.29. The number of aromatic nitrogens is 2. The number of hydrogen-bond acceptors (Lipinski definition) is 5. The van der Waals surface area contributed by atoms with Gasteiger partial charge in [0.1, 0.15) is 11.5 Å². The molecule has 1 aromatic heterocycles. The topological polar surface area (TPSA) is 47.5 Å². The van der Waals surface area contributed by atoms with Crippen molar-refractivity contribution in [2.45, 2.75) is 45.5 Å². The third-order valence-corrected chi connectivity index (χ3v) is 5.37. The minimum absolute atomic E-state index is 0.250. The van der Waals surface area contributed by atoms with Gasteiger partial charge in [-0.15, -0.1) is 13.2 Å². The maximum Gasteiger partial charge on any atom is 0.573 e. The number of methoxy groups -OCH3 is 1. The van der Waals surface area contributed by atoms with Crippen LogP contribution in [0.2, 0.25) is 0 Å². The molecule has 0 aliphatic rings. The molecule has 176 valence electrons. The fraction of sp³-hybridized carbons (Fsp3) is 0.360. The number of aryl methyl sites for hydroxylation is 1. The Bertz CT molecular complexity index is 1020. The summed E-state index contributed by atoms with van der Waals surface area (Å²) >= 11 is 0. The Morgan fingerprint density at radius 1 is 0.848 bits per heavy atom. The monoisotopic (exact) mass is 459 g/mol. The number of benzene rings is 2. The molecule has 0 atom stereocenters. The first kappa shape index (κ1) is 24.4. The van der Waals surface area contributed by atoms with Gasteiger partial charge in [-0.2, -0.15) is 0 Å². The second-order valence-corrected chi connectivity index (χ2v) is 8.41. The van der Waals surface area contributed by atoms with Gasteiger partial charge in [0.2, 0.25) is 5.95 Å². The predicted octanol–water partition coefficient (Wildman–Crippen LogP) is 5.93. The van der Waals surface area contributed by atoms with Crippen LogP contribution in [0.1, 0.15) is 37.5 Å². The van der Waals surface area contributed by atoms with E-state index < -0.39 is 6.36 Å². The summed E-state index contributed by atoms with van der Waals surface area (Å²) < 4.78 is 46.7. The van der Waals surface area contributed by atoms with E-state index in [0.29, 0.717) is 19.0 Å². The molecule has 0 amide bonds. The van der Waals surface area contributed by atoms with Gasteiger partial charge in [0.05, 0.1) is 7.11 Å². The number of hydrogen-bond donors (Lipinski definition) is 0. The molecule has 1 heterocycles. The second-order valence-electron chi connectivity index (χ2n) is 8.41. The average molecular weight is 460 g/mol. The van der Waals surface area contributed by atoms with Crippen molar-refractivity contribution in [2.24, 2.45) is 0 Å². The maximum atomic E-state index is 12.5. The van der Waals surface area contributed by atoms with Gasteiger partial charge in [0.25, 0.3) is 0 Å².